The zero-order valence-corrected chi connectivity index (χ0v) is 12.2. The number of hydrogen-bond donors (Lipinski definition) is 1. The van der Waals surface area contributed by atoms with Gasteiger partial charge in [-0.1, -0.05) is 0 Å². The first-order valence-corrected chi connectivity index (χ1v) is 6.01. The molecule has 9 heteroatoms. The van der Waals surface area contributed by atoms with Gasteiger partial charge in [0.1, 0.15) is 11.6 Å². The number of esters is 1. The number of carbonyl (C=O) groups excluding carboxylic acids is 2. The molecule has 0 spiro atoms. The lowest BCUT2D eigenvalue weighted by Gasteiger charge is -2.22. The number of tetrazole rings is 1. The molecule has 112 valence electrons. The van der Waals surface area contributed by atoms with Crippen LogP contribution in [0.3, 0.4) is 0 Å². The molecule has 1 N–H and O–H groups in total. The summed E-state index contributed by atoms with van der Waals surface area (Å²) < 4.78 is 9.72. The first-order chi connectivity index (χ1) is 9.21. The fourth-order valence-electron chi connectivity index (χ4n) is 1.37. The zero-order valence-electron chi connectivity index (χ0n) is 12.2. The lowest BCUT2D eigenvalue weighted by molar-refractivity contribution is -0.143. The van der Waals surface area contributed by atoms with Crippen molar-refractivity contribution in [1.29, 1.82) is 0 Å². The van der Waals surface area contributed by atoms with Crippen LogP contribution in [0.1, 0.15) is 26.6 Å². The molecule has 0 aromatic carbocycles. The van der Waals surface area contributed by atoms with E-state index in [0.717, 1.165) is 0 Å². The average Bonchev–Trinajstić information content (AvgIpc) is 2.70. The second-order valence-electron chi connectivity index (χ2n) is 5.12. The average molecular weight is 285 g/mol. The van der Waals surface area contributed by atoms with Gasteiger partial charge in [0.15, 0.2) is 5.82 Å². The number of hydrogen-bond acceptors (Lipinski definition) is 7. The fourth-order valence-corrected chi connectivity index (χ4v) is 1.37. The number of rotatable bonds is 4. The van der Waals surface area contributed by atoms with E-state index in [1.54, 1.807) is 27.8 Å². The van der Waals surface area contributed by atoms with Crippen molar-refractivity contribution in [2.75, 3.05) is 7.11 Å². The van der Waals surface area contributed by atoms with E-state index in [4.69, 9.17) is 4.74 Å². The molecule has 1 atom stereocenters. The highest BCUT2D eigenvalue weighted by Gasteiger charge is 2.26. The second-order valence-corrected chi connectivity index (χ2v) is 5.12. The molecule has 0 radical (unpaired) electrons. The molecule has 0 fully saturated rings. The van der Waals surface area contributed by atoms with Crippen LogP contribution in [0.5, 0.6) is 0 Å². The lowest BCUT2D eigenvalue weighted by Crippen LogP contribution is -2.45. The second kappa shape index (κ2) is 6.31. The third-order valence-electron chi connectivity index (χ3n) is 2.11. The maximum absolute atomic E-state index is 11.7. The van der Waals surface area contributed by atoms with E-state index in [2.05, 4.69) is 25.5 Å². The Kier molecular flexibility index (Phi) is 5.00. The smallest absolute Gasteiger partial charge is 0.408 e. The van der Waals surface area contributed by atoms with Crippen molar-refractivity contribution in [3.05, 3.63) is 5.82 Å². The molecule has 0 unspecified atom stereocenters. The van der Waals surface area contributed by atoms with Crippen LogP contribution in [0, 0.1) is 0 Å². The Morgan fingerprint density at radius 3 is 2.50 bits per heavy atom. The van der Waals surface area contributed by atoms with Crippen molar-refractivity contribution in [3.8, 4) is 0 Å². The lowest BCUT2D eigenvalue weighted by atomic mass is 10.2. The van der Waals surface area contributed by atoms with Crippen LogP contribution in [-0.4, -0.2) is 51.0 Å². The molecule has 0 aliphatic rings. The minimum absolute atomic E-state index is 0.0692. The summed E-state index contributed by atoms with van der Waals surface area (Å²) >= 11 is 0. The van der Waals surface area contributed by atoms with Gasteiger partial charge in [0.2, 0.25) is 0 Å². The maximum Gasteiger partial charge on any atom is 0.408 e. The molecule has 0 saturated carbocycles. The van der Waals surface area contributed by atoms with Crippen LogP contribution in [0.2, 0.25) is 0 Å². The van der Waals surface area contributed by atoms with E-state index in [-0.39, 0.29) is 6.42 Å². The van der Waals surface area contributed by atoms with Gasteiger partial charge in [0, 0.05) is 6.42 Å². The normalized spacial score (nSPS) is 12.7. The number of nitrogens with zero attached hydrogens (tertiary/aromatic N) is 4. The van der Waals surface area contributed by atoms with Gasteiger partial charge in [0.25, 0.3) is 0 Å². The number of alkyl carbamates (subject to hydrolysis) is 1. The minimum atomic E-state index is -0.931. The van der Waals surface area contributed by atoms with Gasteiger partial charge in [-0.3, -0.25) is 0 Å². The van der Waals surface area contributed by atoms with E-state index in [1.807, 2.05) is 0 Å². The highest BCUT2D eigenvalue weighted by atomic mass is 16.6. The number of carbonyl (C=O) groups is 2. The molecule has 9 nitrogen and oxygen atoms in total. The summed E-state index contributed by atoms with van der Waals surface area (Å²) in [4.78, 5) is 24.6. The minimum Gasteiger partial charge on any atom is -0.467 e. The number of amides is 1. The molecule has 0 saturated heterocycles. The van der Waals surface area contributed by atoms with E-state index in [9.17, 15) is 9.59 Å². The number of aromatic nitrogens is 4. The van der Waals surface area contributed by atoms with Crippen molar-refractivity contribution in [2.45, 2.75) is 38.8 Å². The van der Waals surface area contributed by atoms with Crippen molar-refractivity contribution in [3.63, 3.8) is 0 Å². The van der Waals surface area contributed by atoms with E-state index in [0.29, 0.717) is 5.82 Å². The highest BCUT2D eigenvalue weighted by molar-refractivity contribution is 5.81. The van der Waals surface area contributed by atoms with Crippen LogP contribution in [0.25, 0.3) is 0 Å². The van der Waals surface area contributed by atoms with Crippen molar-refractivity contribution >= 4 is 12.1 Å². The SMILES string of the molecule is COC(=O)[C@H](Cc1nnn(C)n1)NC(=O)OC(C)(C)C. The molecule has 1 aromatic heterocycles. The Balaban J connectivity index is 2.70. The summed E-state index contributed by atoms with van der Waals surface area (Å²) in [5, 5.41) is 13.8. The topological polar surface area (TPSA) is 108 Å². The molecule has 0 aliphatic heterocycles. The van der Waals surface area contributed by atoms with Gasteiger partial charge in [-0.15, -0.1) is 10.2 Å². The Labute approximate surface area is 116 Å². The summed E-state index contributed by atoms with van der Waals surface area (Å²) in [5.74, 6) is -0.290. The molecular formula is C11H19N5O4. The van der Waals surface area contributed by atoms with Crippen LogP contribution < -0.4 is 5.32 Å². The van der Waals surface area contributed by atoms with Crippen LogP contribution in [0.15, 0.2) is 0 Å². The molecule has 1 rings (SSSR count). The summed E-state index contributed by atoms with van der Waals surface area (Å²) in [6.07, 6.45) is -0.642. The van der Waals surface area contributed by atoms with Crippen LogP contribution in [0.4, 0.5) is 4.79 Å². The van der Waals surface area contributed by atoms with Gasteiger partial charge >= 0.3 is 12.1 Å². The maximum atomic E-state index is 11.7. The zero-order chi connectivity index (χ0) is 15.3. The number of methoxy groups -OCH3 is 1. The third-order valence-corrected chi connectivity index (χ3v) is 2.11. The van der Waals surface area contributed by atoms with Crippen LogP contribution >= 0.6 is 0 Å². The number of nitrogens with one attached hydrogen (secondary N) is 1. The summed E-state index contributed by atoms with van der Waals surface area (Å²) in [6, 6.07) is -0.931. The molecule has 20 heavy (non-hydrogen) atoms. The van der Waals surface area contributed by atoms with Crippen LogP contribution in [-0.2, 0) is 27.7 Å². The standard InChI is InChI=1S/C11H19N5O4/c1-11(2,3)20-10(18)12-7(9(17)19-5)6-8-13-15-16(4)14-8/h7H,6H2,1-5H3,(H,12,18)/t7-/m0/s1. The largest absolute Gasteiger partial charge is 0.467 e. The molecule has 0 bridgehead atoms. The summed E-state index contributed by atoms with van der Waals surface area (Å²) in [6.45, 7) is 5.18. The number of aryl methyl sites for hydroxylation is 1. The number of ether oxygens (including phenoxy) is 2. The Morgan fingerprint density at radius 2 is 2.05 bits per heavy atom. The van der Waals surface area contributed by atoms with Gasteiger partial charge in [-0.05, 0) is 26.0 Å². The first kappa shape index (κ1) is 15.9. The van der Waals surface area contributed by atoms with Crippen molar-refractivity contribution in [1.82, 2.24) is 25.5 Å². The van der Waals surface area contributed by atoms with E-state index >= 15 is 0 Å². The quantitative estimate of drug-likeness (QED) is 0.764. The van der Waals surface area contributed by atoms with Crippen molar-refractivity contribution in [2.24, 2.45) is 7.05 Å². The van der Waals surface area contributed by atoms with Crippen molar-refractivity contribution < 1.29 is 19.1 Å². The van der Waals surface area contributed by atoms with Gasteiger partial charge in [-0.2, -0.15) is 4.80 Å². The van der Waals surface area contributed by atoms with Gasteiger partial charge in [-0.25, -0.2) is 9.59 Å². The monoisotopic (exact) mass is 285 g/mol. The van der Waals surface area contributed by atoms with Gasteiger partial charge in [0.05, 0.1) is 14.2 Å². The molecular weight excluding hydrogens is 266 g/mol. The predicted octanol–water partition coefficient (Wildman–Crippen LogP) is -0.181. The Bertz CT molecular complexity index is 479. The van der Waals surface area contributed by atoms with E-state index in [1.165, 1.54) is 11.9 Å². The molecule has 1 amide bonds. The molecule has 1 heterocycles. The Hall–Kier alpha value is -2.19. The van der Waals surface area contributed by atoms with Gasteiger partial charge < -0.3 is 14.8 Å². The molecule has 0 aliphatic carbocycles. The highest BCUT2D eigenvalue weighted by Crippen LogP contribution is 2.07. The Morgan fingerprint density at radius 1 is 1.40 bits per heavy atom. The third kappa shape index (κ3) is 5.21. The molecule has 1 aromatic rings. The summed E-state index contributed by atoms with van der Waals surface area (Å²) in [7, 11) is 2.83. The summed E-state index contributed by atoms with van der Waals surface area (Å²) in [5.41, 5.74) is -0.657. The predicted molar refractivity (Wildman–Crippen MR) is 67.7 cm³/mol. The van der Waals surface area contributed by atoms with E-state index < -0.39 is 23.7 Å². The first-order valence-electron chi connectivity index (χ1n) is 6.01. The fraction of sp³-hybridized carbons (Fsp3) is 0.727.